The van der Waals surface area contributed by atoms with Crippen LogP contribution < -0.4 is 0 Å². The molecule has 152 valence electrons. The van der Waals surface area contributed by atoms with Gasteiger partial charge in [0.2, 0.25) is 5.91 Å². The van der Waals surface area contributed by atoms with E-state index in [2.05, 4.69) is 4.98 Å². The third-order valence-electron chi connectivity index (χ3n) is 7.09. The molecular weight excluding hydrogens is 411 g/mol. The van der Waals surface area contributed by atoms with Crippen LogP contribution in [0.1, 0.15) is 54.1 Å². The minimum atomic E-state index is -0.301. The van der Waals surface area contributed by atoms with Crippen molar-refractivity contribution in [3.05, 3.63) is 33.7 Å². The van der Waals surface area contributed by atoms with Crippen molar-refractivity contribution >= 4 is 40.7 Å². The van der Waals surface area contributed by atoms with Crippen LogP contribution in [-0.2, 0) is 4.79 Å². The monoisotopic (exact) mass is 432 g/mol. The van der Waals surface area contributed by atoms with Crippen LogP contribution in [-0.4, -0.2) is 56.7 Å². The van der Waals surface area contributed by atoms with E-state index in [0.29, 0.717) is 35.7 Å². The standard InChI is InChI=1S/C21H22Cl2N4O2/c22-16-8-14(11-1-2-11)9-27-19(23)18(24-20(16)27)21(29)25-3-4-26(17(28)10-25)15-6-12-5-13(12)7-15/h8-9,11-13,15H,1-7,10H2. The highest BCUT2D eigenvalue weighted by Crippen LogP contribution is 2.53. The van der Waals surface area contributed by atoms with Gasteiger partial charge in [0.15, 0.2) is 11.3 Å². The maximum absolute atomic E-state index is 13.1. The van der Waals surface area contributed by atoms with Gasteiger partial charge in [0.1, 0.15) is 11.7 Å². The number of halogens is 2. The number of aromatic nitrogens is 2. The second-order valence-corrected chi connectivity index (χ2v) is 9.80. The zero-order valence-corrected chi connectivity index (χ0v) is 17.5. The molecule has 2 amide bonds. The number of piperazine rings is 1. The zero-order valence-electron chi connectivity index (χ0n) is 16.0. The molecule has 2 atom stereocenters. The van der Waals surface area contributed by atoms with Gasteiger partial charge in [0.05, 0.1) is 5.02 Å². The topological polar surface area (TPSA) is 57.9 Å². The van der Waals surface area contributed by atoms with Gasteiger partial charge in [-0.1, -0.05) is 23.2 Å². The molecule has 6 nitrogen and oxygen atoms in total. The predicted molar refractivity (Wildman–Crippen MR) is 109 cm³/mol. The molecular formula is C21H22Cl2N4O2. The first-order valence-corrected chi connectivity index (χ1v) is 11.2. The summed E-state index contributed by atoms with van der Waals surface area (Å²) in [5.41, 5.74) is 1.78. The number of pyridine rings is 1. The largest absolute Gasteiger partial charge is 0.336 e. The molecule has 8 heteroatoms. The number of carbonyl (C=O) groups excluding carboxylic acids is 2. The minimum absolute atomic E-state index is 0.0323. The summed E-state index contributed by atoms with van der Waals surface area (Å²) >= 11 is 12.9. The first-order chi connectivity index (χ1) is 14.0. The molecule has 0 bridgehead atoms. The Morgan fingerprint density at radius 1 is 1.10 bits per heavy atom. The second-order valence-electron chi connectivity index (χ2n) is 9.04. The lowest BCUT2D eigenvalue weighted by molar-refractivity contribution is -0.137. The fraction of sp³-hybridized carbons (Fsp3) is 0.571. The molecule has 2 unspecified atom stereocenters. The molecule has 0 aromatic carbocycles. The number of hydrogen-bond donors (Lipinski definition) is 0. The van der Waals surface area contributed by atoms with Crippen molar-refractivity contribution in [3.8, 4) is 0 Å². The van der Waals surface area contributed by atoms with Crippen LogP contribution in [0.2, 0.25) is 10.2 Å². The van der Waals surface area contributed by atoms with Gasteiger partial charge in [-0.2, -0.15) is 0 Å². The van der Waals surface area contributed by atoms with Gasteiger partial charge in [-0.3, -0.25) is 14.0 Å². The van der Waals surface area contributed by atoms with Crippen molar-refractivity contribution < 1.29 is 9.59 Å². The molecule has 29 heavy (non-hydrogen) atoms. The molecule has 6 rings (SSSR count). The maximum atomic E-state index is 13.1. The smallest absolute Gasteiger partial charge is 0.276 e. The van der Waals surface area contributed by atoms with Crippen molar-refractivity contribution in [2.45, 2.75) is 44.1 Å². The summed E-state index contributed by atoms with van der Waals surface area (Å²) in [6, 6.07) is 2.28. The lowest BCUT2D eigenvalue weighted by Crippen LogP contribution is -2.55. The van der Waals surface area contributed by atoms with E-state index in [1.54, 1.807) is 9.30 Å². The number of amides is 2. The Labute approximate surface area is 178 Å². The molecule has 2 aromatic heterocycles. The highest BCUT2D eigenvalue weighted by Gasteiger charge is 2.49. The van der Waals surface area contributed by atoms with Crippen LogP contribution in [0, 0.1) is 11.8 Å². The van der Waals surface area contributed by atoms with Gasteiger partial charge in [0.25, 0.3) is 5.91 Å². The van der Waals surface area contributed by atoms with E-state index in [-0.39, 0.29) is 29.2 Å². The fourth-order valence-corrected chi connectivity index (χ4v) is 5.72. The molecule has 0 N–H and O–H groups in total. The first kappa shape index (κ1) is 18.0. The van der Waals surface area contributed by atoms with E-state index >= 15 is 0 Å². The molecule has 3 aliphatic carbocycles. The van der Waals surface area contributed by atoms with E-state index in [9.17, 15) is 9.59 Å². The van der Waals surface area contributed by atoms with E-state index in [1.165, 1.54) is 6.42 Å². The summed E-state index contributed by atoms with van der Waals surface area (Å²) in [5.74, 6) is 1.90. The number of nitrogens with zero attached hydrogens (tertiary/aromatic N) is 4. The number of rotatable bonds is 3. The van der Waals surface area contributed by atoms with Crippen molar-refractivity contribution in [2.24, 2.45) is 11.8 Å². The predicted octanol–water partition coefficient (Wildman–Crippen LogP) is 3.60. The van der Waals surface area contributed by atoms with Gasteiger partial charge in [-0.15, -0.1) is 0 Å². The summed E-state index contributed by atoms with van der Waals surface area (Å²) in [4.78, 5) is 33.8. The lowest BCUT2D eigenvalue weighted by atomic mass is 10.1. The van der Waals surface area contributed by atoms with Crippen LogP contribution in [0.3, 0.4) is 0 Å². The summed E-state index contributed by atoms with van der Waals surface area (Å²) in [6.07, 6.45) is 7.82. The van der Waals surface area contributed by atoms with Gasteiger partial charge in [-0.25, -0.2) is 4.98 Å². The summed E-state index contributed by atoms with van der Waals surface area (Å²) in [6.45, 7) is 1.20. The Morgan fingerprint density at radius 2 is 1.86 bits per heavy atom. The number of hydrogen-bond acceptors (Lipinski definition) is 3. The zero-order chi connectivity index (χ0) is 19.9. The Morgan fingerprint density at radius 3 is 2.55 bits per heavy atom. The van der Waals surface area contributed by atoms with Crippen molar-refractivity contribution in [3.63, 3.8) is 0 Å². The Hall–Kier alpha value is -1.79. The minimum Gasteiger partial charge on any atom is -0.336 e. The number of carbonyl (C=O) groups is 2. The molecule has 2 aromatic rings. The molecule has 4 aliphatic rings. The third-order valence-corrected chi connectivity index (χ3v) is 7.73. The Balaban J connectivity index is 1.23. The van der Waals surface area contributed by atoms with Crippen LogP contribution in [0.5, 0.6) is 0 Å². The van der Waals surface area contributed by atoms with Crippen molar-refractivity contribution in [1.29, 1.82) is 0 Å². The Kier molecular flexibility index (Phi) is 3.95. The van der Waals surface area contributed by atoms with Gasteiger partial charge in [0, 0.05) is 25.3 Å². The number of fused-ring (bicyclic) bond motifs is 2. The van der Waals surface area contributed by atoms with Gasteiger partial charge in [-0.05, 0) is 61.5 Å². The van der Waals surface area contributed by atoms with E-state index in [1.807, 2.05) is 17.2 Å². The first-order valence-electron chi connectivity index (χ1n) is 10.5. The molecule has 4 fully saturated rings. The van der Waals surface area contributed by atoms with Crippen LogP contribution in [0.4, 0.5) is 0 Å². The average molecular weight is 433 g/mol. The molecule has 0 spiro atoms. The summed E-state index contributed by atoms with van der Waals surface area (Å²) < 4.78 is 1.70. The van der Waals surface area contributed by atoms with Gasteiger partial charge >= 0.3 is 0 Å². The van der Waals surface area contributed by atoms with E-state index < -0.39 is 0 Å². The third kappa shape index (κ3) is 2.95. The van der Waals surface area contributed by atoms with Crippen LogP contribution in [0.15, 0.2) is 12.3 Å². The molecule has 3 saturated carbocycles. The average Bonchev–Trinajstić information content (AvgIpc) is 3.62. The van der Waals surface area contributed by atoms with E-state index in [0.717, 1.165) is 43.1 Å². The highest BCUT2D eigenvalue weighted by atomic mass is 35.5. The highest BCUT2D eigenvalue weighted by molar-refractivity contribution is 6.35. The van der Waals surface area contributed by atoms with Crippen molar-refractivity contribution in [2.75, 3.05) is 19.6 Å². The summed E-state index contributed by atoms with van der Waals surface area (Å²) in [5, 5.41) is 0.760. The fourth-order valence-electron chi connectivity index (χ4n) is 5.21. The quantitative estimate of drug-likeness (QED) is 0.744. The SMILES string of the molecule is O=C(c1nc2c(Cl)cc(C3CC3)cn2c1Cl)N1CCN(C2CC3CC3C2)C(=O)C1. The number of imidazole rings is 1. The van der Waals surface area contributed by atoms with Crippen LogP contribution in [0.25, 0.3) is 5.65 Å². The van der Waals surface area contributed by atoms with E-state index in [4.69, 9.17) is 23.2 Å². The second kappa shape index (κ2) is 6.35. The molecule has 1 aliphatic heterocycles. The van der Waals surface area contributed by atoms with Gasteiger partial charge < -0.3 is 9.80 Å². The molecule has 1 saturated heterocycles. The Bertz CT molecular complexity index is 1040. The normalized spacial score (nSPS) is 28.9. The van der Waals surface area contributed by atoms with Crippen molar-refractivity contribution in [1.82, 2.24) is 19.2 Å². The van der Waals surface area contributed by atoms with Crippen LogP contribution >= 0.6 is 23.2 Å². The summed E-state index contributed by atoms with van der Waals surface area (Å²) in [7, 11) is 0. The molecule has 0 radical (unpaired) electrons. The molecule has 3 heterocycles. The maximum Gasteiger partial charge on any atom is 0.276 e. The lowest BCUT2D eigenvalue weighted by Gasteiger charge is -2.38.